The Bertz CT molecular complexity index is 706. The second-order valence-electron chi connectivity index (χ2n) is 5.76. The smallest absolute Gasteiger partial charge is 0.310 e. The summed E-state index contributed by atoms with van der Waals surface area (Å²) in [6.45, 7) is 5.05. The highest BCUT2D eigenvalue weighted by atomic mass is 16.4. The number of rotatable bonds is 5. The molecule has 0 saturated heterocycles. The zero-order chi connectivity index (χ0) is 16.3. The molecule has 2 aromatic rings. The summed E-state index contributed by atoms with van der Waals surface area (Å²) >= 11 is 0. The molecular formula is C15H18N4O3. The van der Waals surface area contributed by atoms with Crippen LogP contribution in [0.1, 0.15) is 29.9 Å². The highest BCUT2D eigenvalue weighted by Gasteiger charge is 2.28. The Balaban J connectivity index is 2.08. The number of carbonyl (C=O) groups is 2. The molecule has 2 N–H and O–H groups in total. The summed E-state index contributed by atoms with van der Waals surface area (Å²) in [6, 6.07) is 7.63. The van der Waals surface area contributed by atoms with Crippen molar-refractivity contribution in [2.75, 3.05) is 6.54 Å². The van der Waals surface area contributed by atoms with Gasteiger partial charge < -0.3 is 10.4 Å². The molecule has 22 heavy (non-hydrogen) atoms. The molecule has 7 nitrogen and oxygen atoms in total. The van der Waals surface area contributed by atoms with Crippen LogP contribution in [-0.4, -0.2) is 38.5 Å². The Hall–Kier alpha value is -2.70. The van der Waals surface area contributed by atoms with Gasteiger partial charge in [0, 0.05) is 6.54 Å². The number of carbonyl (C=O) groups excluding carboxylic acids is 1. The average molecular weight is 302 g/mol. The molecule has 1 aromatic heterocycles. The summed E-state index contributed by atoms with van der Waals surface area (Å²) in [4.78, 5) is 23.0. The number of amides is 1. The molecule has 2 rings (SSSR count). The molecule has 1 aromatic carbocycles. The summed E-state index contributed by atoms with van der Waals surface area (Å²) in [5, 5.41) is 19.3. The zero-order valence-electron chi connectivity index (χ0n) is 12.7. The van der Waals surface area contributed by atoms with Crippen LogP contribution in [0.3, 0.4) is 0 Å². The molecule has 0 bridgehead atoms. The number of hydrogen-bond donors (Lipinski definition) is 2. The lowest BCUT2D eigenvalue weighted by molar-refractivity contribution is -0.146. The largest absolute Gasteiger partial charge is 0.481 e. The fourth-order valence-electron chi connectivity index (χ4n) is 1.73. The van der Waals surface area contributed by atoms with Crippen LogP contribution in [0.15, 0.2) is 30.5 Å². The van der Waals surface area contributed by atoms with Gasteiger partial charge in [-0.1, -0.05) is 17.3 Å². The maximum absolute atomic E-state index is 12.0. The monoisotopic (exact) mass is 302 g/mol. The molecular weight excluding hydrogens is 284 g/mol. The maximum atomic E-state index is 12.0. The van der Waals surface area contributed by atoms with E-state index in [-0.39, 0.29) is 12.2 Å². The van der Waals surface area contributed by atoms with Gasteiger partial charge in [0.15, 0.2) is 5.69 Å². The van der Waals surface area contributed by atoms with Crippen LogP contribution in [0.2, 0.25) is 0 Å². The van der Waals surface area contributed by atoms with Crippen molar-refractivity contribution in [3.63, 3.8) is 0 Å². The minimum absolute atomic E-state index is 0.0124. The first-order valence-corrected chi connectivity index (χ1v) is 6.80. The van der Waals surface area contributed by atoms with Crippen LogP contribution in [-0.2, 0) is 4.79 Å². The molecule has 0 spiro atoms. The topological polar surface area (TPSA) is 97.1 Å². The zero-order valence-corrected chi connectivity index (χ0v) is 12.7. The van der Waals surface area contributed by atoms with Crippen LogP contribution in [0.25, 0.3) is 5.69 Å². The van der Waals surface area contributed by atoms with Crippen molar-refractivity contribution in [2.45, 2.75) is 20.8 Å². The van der Waals surface area contributed by atoms with Crippen LogP contribution < -0.4 is 5.32 Å². The summed E-state index contributed by atoms with van der Waals surface area (Å²) < 4.78 is 1.50. The van der Waals surface area contributed by atoms with Crippen molar-refractivity contribution in [1.29, 1.82) is 0 Å². The van der Waals surface area contributed by atoms with E-state index in [9.17, 15) is 9.59 Å². The minimum Gasteiger partial charge on any atom is -0.481 e. The summed E-state index contributed by atoms with van der Waals surface area (Å²) in [5.74, 6) is -1.43. The minimum atomic E-state index is -1.04. The van der Waals surface area contributed by atoms with Gasteiger partial charge in [0.05, 0.1) is 17.3 Å². The standard InChI is InChI=1S/C15H18N4O3/c1-10-5-4-6-11(7-10)19-8-12(17-18-19)13(20)16-9-15(2,3)14(21)22/h4-8H,9H2,1-3H3,(H,16,20)(H,21,22). The molecule has 0 atom stereocenters. The van der Waals surface area contributed by atoms with E-state index in [2.05, 4.69) is 15.6 Å². The summed E-state index contributed by atoms with van der Waals surface area (Å²) in [5.41, 5.74) is 0.977. The van der Waals surface area contributed by atoms with E-state index < -0.39 is 17.3 Å². The molecule has 116 valence electrons. The number of carboxylic acid groups (broad SMARTS) is 1. The van der Waals surface area contributed by atoms with Crippen molar-refractivity contribution in [3.05, 3.63) is 41.7 Å². The van der Waals surface area contributed by atoms with Crippen molar-refractivity contribution >= 4 is 11.9 Å². The van der Waals surface area contributed by atoms with Crippen LogP contribution >= 0.6 is 0 Å². The number of carboxylic acids is 1. The number of hydrogen-bond acceptors (Lipinski definition) is 4. The predicted molar refractivity (Wildman–Crippen MR) is 79.8 cm³/mol. The lowest BCUT2D eigenvalue weighted by Crippen LogP contribution is -2.39. The number of nitrogens with one attached hydrogen (secondary N) is 1. The fourth-order valence-corrected chi connectivity index (χ4v) is 1.73. The van der Waals surface area contributed by atoms with E-state index in [1.165, 1.54) is 10.9 Å². The third-order valence-electron chi connectivity index (χ3n) is 3.26. The number of aryl methyl sites for hydroxylation is 1. The molecule has 1 amide bonds. The molecule has 1 heterocycles. The molecule has 0 unspecified atom stereocenters. The Kier molecular flexibility index (Phi) is 4.25. The summed E-state index contributed by atoms with van der Waals surface area (Å²) in [6.07, 6.45) is 1.51. The van der Waals surface area contributed by atoms with Gasteiger partial charge in [0.2, 0.25) is 0 Å². The van der Waals surface area contributed by atoms with E-state index in [1.807, 2.05) is 31.2 Å². The van der Waals surface area contributed by atoms with Gasteiger partial charge in [-0.15, -0.1) is 5.10 Å². The van der Waals surface area contributed by atoms with Crippen LogP contribution in [0, 0.1) is 12.3 Å². The maximum Gasteiger partial charge on any atom is 0.310 e. The number of aliphatic carboxylic acids is 1. The molecule has 0 radical (unpaired) electrons. The molecule has 7 heteroatoms. The second kappa shape index (κ2) is 5.97. The first-order chi connectivity index (χ1) is 10.3. The van der Waals surface area contributed by atoms with E-state index in [1.54, 1.807) is 13.8 Å². The quantitative estimate of drug-likeness (QED) is 0.870. The van der Waals surface area contributed by atoms with E-state index in [0.29, 0.717) is 0 Å². The van der Waals surface area contributed by atoms with E-state index in [4.69, 9.17) is 5.11 Å². The van der Waals surface area contributed by atoms with Crippen molar-refractivity contribution in [1.82, 2.24) is 20.3 Å². The number of aromatic nitrogens is 3. The number of nitrogens with zero attached hydrogens (tertiary/aromatic N) is 3. The van der Waals surface area contributed by atoms with Gasteiger partial charge >= 0.3 is 5.97 Å². The van der Waals surface area contributed by atoms with Gasteiger partial charge in [0.25, 0.3) is 5.91 Å². The third-order valence-corrected chi connectivity index (χ3v) is 3.26. The lowest BCUT2D eigenvalue weighted by atomic mass is 9.94. The molecule has 0 aliphatic rings. The first-order valence-electron chi connectivity index (χ1n) is 6.80. The molecule has 0 aliphatic carbocycles. The van der Waals surface area contributed by atoms with Crippen LogP contribution in [0.5, 0.6) is 0 Å². The van der Waals surface area contributed by atoms with Gasteiger partial charge in [-0.3, -0.25) is 9.59 Å². The van der Waals surface area contributed by atoms with Gasteiger partial charge in [-0.05, 0) is 38.5 Å². The predicted octanol–water partition coefficient (Wildman–Crippen LogP) is 1.42. The average Bonchev–Trinajstić information content (AvgIpc) is 2.94. The van der Waals surface area contributed by atoms with Gasteiger partial charge in [-0.2, -0.15) is 0 Å². The van der Waals surface area contributed by atoms with Crippen molar-refractivity contribution in [3.8, 4) is 5.69 Å². The molecule has 0 saturated carbocycles. The van der Waals surface area contributed by atoms with Crippen molar-refractivity contribution < 1.29 is 14.7 Å². The Labute approximate surface area is 128 Å². The Morgan fingerprint density at radius 1 is 1.36 bits per heavy atom. The normalized spacial score (nSPS) is 11.2. The Morgan fingerprint density at radius 2 is 2.09 bits per heavy atom. The van der Waals surface area contributed by atoms with Gasteiger partial charge in [-0.25, -0.2) is 4.68 Å². The van der Waals surface area contributed by atoms with E-state index >= 15 is 0 Å². The SMILES string of the molecule is Cc1cccc(-n2cc(C(=O)NCC(C)(C)C(=O)O)nn2)c1. The molecule has 0 fully saturated rings. The second-order valence-corrected chi connectivity index (χ2v) is 5.76. The first kappa shape index (κ1) is 15.7. The van der Waals surface area contributed by atoms with E-state index in [0.717, 1.165) is 11.3 Å². The third kappa shape index (κ3) is 3.49. The highest BCUT2D eigenvalue weighted by Crippen LogP contribution is 2.13. The highest BCUT2D eigenvalue weighted by molar-refractivity contribution is 5.92. The van der Waals surface area contributed by atoms with Crippen molar-refractivity contribution in [2.24, 2.45) is 5.41 Å². The van der Waals surface area contributed by atoms with Crippen LogP contribution in [0.4, 0.5) is 0 Å². The molecule has 0 aliphatic heterocycles. The fraction of sp³-hybridized carbons (Fsp3) is 0.333. The summed E-state index contributed by atoms with van der Waals surface area (Å²) in [7, 11) is 0. The van der Waals surface area contributed by atoms with Gasteiger partial charge in [0.1, 0.15) is 0 Å². The lowest BCUT2D eigenvalue weighted by Gasteiger charge is -2.18. The Morgan fingerprint density at radius 3 is 2.73 bits per heavy atom. The number of benzene rings is 1.